The summed E-state index contributed by atoms with van der Waals surface area (Å²) >= 11 is 0. The number of amides is 1. The molecule has 6 heteroatoms. The van der Waals surface area contributed by atoms with Gasteiger partial charge in [0.15, 0.2) is 5.78 Å². The number of carbonyl (C=O) groups is 3. The van der Waals surface area contributed by atoms with E-state index in [9.17, 15) is 14.4 Å². The lowest BCUT2D eigenvalue weighted by Gasteiger charge is -2.17. The Morgan fingerprint density at radius 1 is 1.16 bits per heavy atom. The van der Waals surface area contributed by atoms with E-state index in [1.807, 2.05) is 0 Å². The van der Waals surface area contributed by atoms with Crippen molar-refractivity contribution in [1.82, 2.24) is 0 Å². The van der Waals surface area contributed by atoms with Crippen molar-refractivity contribution in [2.45, 2.75) is 6.92 Å². The number of aliphatic carboxylic acids is 1. The number of likely N-dealkylation sites (N-methyl/N-ethyl adjacent to an activating group) is 1. The first kappa shape index (κ1) is 14.8. The minimum absolute atomic E-state index is 0.0506. The summed E-state index contributed by atoms with van der Waals surface area (Å²) in [6.45, 7) is 0.643. The molecule has 1 aromatic rings. The van der Waals surface area contributed by atoms with E-state index in [0.717, 1.165) is 0 Å². The molecule has 6 nitrogen and oxygen atoms in total. The zero-order chi connectivity index (χ0) is 14.4. The van der Waals surface area contributed by atoms with Crippen LogP contribution in [0.2, 0.25) is 0 Å². The smallest absolute Gasteiger partial charge is 0.329 e. The van der Waals surface area contributed by atoms with Gasteiger partial charge in [-0.1, -0.05) is 0 Å². The number of carboxylic acids is 1. The van der Waals surface area contributed by atoms with Gasteiger partial charge in [0, 0.05) is 18.3 Å². The third kappa shape index (κ3) is 4.51. The van der Waals surface area contributed by atoms with Gasteiger partial charge < -0.3 is 14.7 Å². The number of rotatable bonds is 6. The van der Waals surface area contributed by atoms with E-state index < -0.39 is 12.6 Å². The minimum atomic E-state index is -1.12. The van der Waals surface area contributed by atoms with Crippen LogP contribution in [0.4, 0.5) is 5.69 Å². The van der Waals surface area contributed by atoms with Crippen LogP contribution >= 0.6 is 0 Å². The van der Waals surface area contributed by atoms with Crippen LogP contribution in [-0.4, -0.2) is 43.0 Å². The third-order valence-electron chi connectivity index (χ3n) is 2.49. The predicted molar refractivity (Wildman–Crippen MR) is 68.3 cm³/mol. The number of benzene rings is 1. The highest BCUT2D eigenvalue weighted by atomic mass is 16.5. The lowest BCUT2D eigenvalue weighted by molar-refractivity contribution is -0.143. The van der Waals surface area contributed by atoms with Crippen molar-refractivity contribution in [2.75, 3.05) is 25.2 Å². The number of hydrogen-bond acceptors (Lipinski definition) is 4. The number of ketones is 1. The Labute approximate surface area is 110 Å². The van der Waals surface area contributed by atoms with E-state index in [1.54, 1.807) is 31.3 Å². The molecule has 0 radical (unpaired) electrons. The zero-order valence-corrected chi connectivity index (χ0v) is 10.8. The molecule has 0 heterocycles. The molecule has 0 spiro atoms. The largest absolute Gasteiger partial charge is 0.480 e. The molecule has 102 valence electrons. The quantitative estimate of drug-likeness (QED) is 0.774. The van der Waals surface area contributed by atoms with Crippen molar-refractivity contribution in [3.63, 3.8) is 0 Å². The average Bonchev–Trinajstić information content (AvgIpc) is 2.37. The first-order valence-corrected chi connectivity index (χ1v) is 5.59. The molecular weight excluding hydrogens is 250 g/mol. The number of nitrogens with zero attached hydrogens (tertiary/aromatic N) is 1. The van der Waals surface area contributed by atoms with E-state index in [1.165, 1.54) is 11.8 Å². The molecule has 0 aliphatic heterocycles. The second-order valence-corrected chi connectivity index (χ2v) is 3.94. The molecule has 1 aromatic carbocycles. The number of anilines is 1. The average molecular weight is 265 g/mol. The Balaban J connectivity index is 2.61. The molecule has 0 aliphatic rings. The SMILES string of the molecule is CC(=O)c1ccc(N(C)C(=O)COCC(=O)O)cc1. The summed E-state index contributed by atoms with van der Waals surface area (Å²) in [6, 6.07) is 6.54. The first-order chi connectivity index (χ1) is 8.91. The molecule has 0 saturated carbocycles. The van der Waals surface area contributed by atoms with Gasteiger partial charge in [-0.15, -0.1) is 0 Å². The standard InChI is InChI=1S/C13H15NO5/c1-9(15)10-3-5-11(6-4-10)14(2)12(16)7-19-8-13(17)18/h3-6H,7-8H2,1-2H3,(H,17,18). The maximum Gasteiger partial charge on any atom is 0.329 e. The summed E-state index contributed by atoms with van der Waals surface area (Å²) in [5, 5.41) is 8.38. The molecule has 0 saturated heterocycles. The number of carbonyl (C=O) groups excluding carboxylic acids is 2. The van der Waals surface area contributed by atoms with Crippen LogP contribution in [0.15, 0.2) is 24.3 Å². The van der Waals surface area contributed by atoms with Crippen molar-refractivity contribution in [1.29, 1.82) is 0 Å². The van der Waals surface area contributed by atoms with Gasteiger partial charge >= 0.3 is 5.97 Å². The van der Waals surface area contributed by atoms with E-state index in [4.69, 9.17) is 9.84 Å². The van der Waals surface area contributed by atoms with Gasteiger partial charge in [0.2, 0.25) is 0 Å². The fourth-order valence-corrected chi connectivity index (χ4v) is 1.39. The van der Waals surface area contributed by atoms with Crippen molar-refractivity contribution < 1.29 is 24.2 Å². The summed E-state index contributed by atoms with van der Waals surface area (Å²) in [7, 11) is 1.55. The van der Waals surface area contributed by atoms with Crippen LogP contribution in [0.3, 0.4) is 0 Å². The van der Waals surface area contributed by atoms with Gasteiger partial charge in [-0.05, 0) is 31.2 Å². The lowest BCUT2D eigenvalue weighted by Crippen LogP contribution is -2.30. The molecule has 19 heavy (non-hydrogen) atoms. The van der Waals surface area contributed by atoms with E-state index in [-0.39, 0.29) is 18.3 Å². The van der Waals surface area contributed by atoms with Gasteiger partial charge in [0.25, 0.3) is 5.91 Å². The van der Waals surface area contributed by atoms with E-state index in [0.29, 0.717) is 11.3 Å². The number of ether oxygens (including phenoxy) is 1. The molecule has 1 rings (SSSR count). The Hall–Kier alpha value is -2.21. The van der Waals surface area contributed by atoms with Crippen molar-refractivity contribution in [2.24, 2.45) is 0 Å². The van der Waals surface area contributed by atoms with Gasteiger partial charge in [0.1, 0.15) is 13.2 Å². The second-order valence-electron chi connectivity index (χ2n) is 3.94. The van der Waals surface area contributed by atoms with Crippen molar-refractivity contribution >= 4 is 23.3 Å². The fourth-order valence-electron chi connectivity index (χ4n) is 1.39. The summed E-state index contributed by atoms with van der Waals surface area (Å²) in [6.07, 6.45) is 0. The summed E-state index contributed by atoms with van der Waals surface area (Å²) in [5.74, 6) is -1.54. The normalized spacial score (nSPS) is 10.0. The van der Waals surface area contributed by atoms with Gasteiger partial charge in [-0.3, -0.25) is 9.59 Å². The maximum absolute atomic E-state index is 11.7. The maximum atomic E-state index is 11.7. The van der Waals surface area contributed by atoms with Crippen LogP contribution < -0.4 is 4.90 Å². The lowest BCUT2D eigenvalue weighted by atomic mass is 10.1. The Kier molecular flexibility index (Phi) is 5.20. The van der Waals surface area contributed by atoms with Crippen molar-refractivity contribution in [3.8, 4) is 0 Å². The minimum Gasteiger partial charge on any atom is -0.480 e. The van der Waals surface area contributed by atoms with E-state index >= 15 is 0 Å². The number of Topliss-reactive ketones (excluding diaryl/α,β-unsaturated/α-hetero) is 1. The Morgan fingerprint density at radius 3 is 2.21 bits per heavy atom. The molecule has 0 fully saturated rings. The molecule has 0 aromatic heterocycles. The van der Waals surface area contributed by atoms with Gasteiger partial charge in [0.05, 0.1) is 0 Å². The highest BCUT2D eigenvalue weighted by Gasteiger charge is 2.12. The Bertz CT molecular complexity index is 480. The Morgan fingerprint density at radius 2 is 1.74 bits per heavy atom. The van der Waals surface area contributed by atoms with Crippen LogP contribution in [0, 0.1) is 0 Å². The molecule has 0 bridgehead atoms. The van der Waals surface area contributed by atoms with Crippen LogP contribution in [0.1, 0.15) is 17.3 Å². The summed E-state index contributed by atoms with van der Waals surface area (Å²) in [4.78, 5) is 34.4. The van der Waals surface area contributed by atoms with Crippen LogP contribution in [0.25, 0.3) is 0 Å². The van der Waals surface area contributed by atoms with Crippen molar-refractivity contribution in [3.05, 3.63) is 29.8 Å². The summed E-state index contributed by atoms with van der Waals surface area (Å²) < 4.78 is 4.72. The number of carboxylic acid groups (broad SMARTS) is 1. The molecule has 0 unspecified atom stereocenters. The van der Waals surface area contributed by atoms with Gasteiger partial charge in [-0.2, -0.15) is 0 Å². The molecular formula is C13H15NO5. The molecule has 1 N–H and O–H groups in total. The molecule has 1 amide bonds. The highest BCUT2D eigenvalue weighted by Crippen LogP contribution is 2.14. The molecule has 0 atom stereocenters. The van der Waals surface area contributed by atoms with Gasteiger partial charge in [-0.25, -0.2) is 4.79 Å². The van der Waals surface area contributed by atoms with E-state index in [2.05, 4.69) is 0 Å². The highest BCUT2D eigenvalue weighted by molar-refractivity contribution is 5.96. The monoisotopic (exact) mass is 265 g/mol. The molecule has 0 aliphatic carbocycles. The summed E-state index contributed by atoms with van der Waals surface area (Å²) in [5.41, 5.74) is 1.17. The zero-order valence-electron chi connectivity index (χ0n) is 10.8. The van der Waals surface area contributed by atoms with Crippen LogP contribution in [0.5, 0.6) is 0 Å². The predicted octanol–water partition coefficient (Wildman–Crippen LogP) is 0.953. The third-order valence-corrected chi connectivity index (χ3v) is 2.49. The topological polar surface area (TPSA) is 83.9 Å². The second kappa shape index (κ2) is 6.65. The number of hydrogen-bond donors (Lipinski definition) is 1. The first-order valence-electron chi connectivity index (χ1n) is 5.59. The van der Waals surface area contributed by atoms with Crippen LogP contribution in [-0.2, 0) is 14.3 Å². The fraction of sp³-hybridized carbons (Fsp3) is 0.308.